The highest BCUT2D eigenvalue weighted by Gasteiger charge is 2.08. The number of rotatable bonds is 1. The molecular weight excluding hydrogens is 202 g/mol. The van der Waals surface area contributed by atoms with Crippen molar-refractivity contribution >= 4 is 16.8 Å². The predicted octanol–water partition coefficient (Wildman–Crippen LogP) is 1.61. The highest BCUT2D eigenvalue weighted by Crippen LogP contribution is 2.17. The second kappa shape index (κ2) is 3.27. The smallest absolute Gasteiger partial charge is 0.267 e. The van der Waals surface area contributed by atoms with Gasteiger partial charge in [-0.1, -0.05) is 6.07 Å². The maximum absolute atomic E-state index is 13.2. The van der Waals surface area contributed by atoms with Gasteiger partial charge in [-0.25, -0.2) is 13.8 Å². The van der Waals surface area contributed by atoms with Crippen LogP contribution in [0.2, 0.25) is 0 Å². The molecule has 2 N–H and O–H groups in total. The third-order valence-corrected chi connectivity index (χ3v) is 1.96. The number of carbonyl (C=O) groups excluding carboxylic acids is 1. The average molecular weight is 208 g/mol. The van der Waals surface area contributed by atoms with Crippen molar-refractivity contribution in [1.29, 1.82) is 0 Å². The first-order valence-electron chi connectivity index (χ1n) is 4.13. The molecule has 1 aromatic carbocycles. The van der Waals surface area contributed by atoms with Gasteiger partial charge in [-0.05, 0) is 12.1 Å². The van der Waals surface area contributed by atoms with E-state index in [9.17, 15) is 13.6 Å². The summed E-state index contributed by atoms with van der Waals surface area (Å²) >= 11 is 0. The number of benzene rings is 1. The van der Waals surface area contributed by atoms with Crippen LogP contribution in [0.1, 0.15) is 10.5 Å². The van der Waals surface area contributed by atoms with Crippen molar-refractivity contribution in [1.82, 2.24) is 4.98 Å². The molecule has 0 bridgehead atoms. The maximum Gasteiger partial charge on any atom is 0.267 e. The van der Waals surface area contributed by atoms with E-state index >= 15 is 0 Å². The van der Waals surface area contributed by atoms with Gasteiger partial charge in [-0.15, -0.1) is 0 Å². The summed E-state index contributed by atoms with van der Waals surface area (Å²) in [5, 5.41) is 0.289. The van der Waals surface area contributed by atoms with Gasteiger partial charge in [-0.3, -0.25) is 4.79 Å². The van der Waals surface area contributed by atoms with Crippen molar-refractivity contribution < 1.29 is 13.6 Å². The number of primary amides is 1. The monoisotopic (exact) mass is 208 g/mol. The van der Waals surface area contributed by atoms with Crippen LogP contribution in [0.25, 0.3) is 10.9 Å². The highest BCUT2D eigenvalue weighted by atomic mass is 19.1. The lowest BCUT2D eigenvalue weighted by Gasteiger charge is -2.01. The van der Waals surface area contributed by atoms with Crippen LogP contribution in [0.4, 0.5) is 8.78 Å². The van der Waals surface area contributed by atoms with Crippen LogP contribution in [0.15, 0.2) is 24.3 Å². The first-order valence-corrected chi connectivity index (χ1v) is 4.13. The summed E-state index contributed by atoms with van der Waals surface area (Å²) in [6.45, 7) is 0. The molecule has 0 aliphatic heterocycles. The summed E-state index contributed by atoms with van der Waals surface area (Å²) in [5.74, 6) is -2.25. The molecule has 0 aliphatic rings. The molecule has 0 atom stereocenters. The molecule has 76 valence electrons. The van der Waals surface area contributed by atoms with Crippen LogP contribution >= 0.6 is 0 Å². The average Bonchev–Trinajstić information content (AvgIpc) is 2.16. The number of carbonyl (C=O) groups is 1. The van der Waals surface area contributed by atoms with Gasteiger partial charge in [0.25, 0.3) is 5.91 Å². The van der Waals surface area contributed by atoms with Gasteiger partial charge in [-0.2, -0.15) is 0 Å². The Bertz CT molecular complexity index is 554. The molecule has 0 spiro atoms. The minimum atomic E-state index is -0.812. The lowest BCUT2D eigenvalue weighted by Crippen LogP contribution is -2.13. The minimum Gasteiger partial charge on any atom is -0.364 e. The number of hydrogen-bond donors (Lipinski definition) is 1. The first-order chi connectivity index (χ1) is 7.08. The summed E-state index contributed by atoms with van der Waals surface area (Å²) in [5.41, 5.74) is 4.88. The van der Waals surface area contributed by atoms with Crippen molar-refractivity contribution in [2.24, 2.45) is 5.73 Å². The van der Waals surface area contributed by atoms with E-state index in [1.165, 1.54) is 12.1 Å². The number of amides is 1. The normalized spacial score (nSPS) is 10.5. The molecule has 1 amide bonds. The molecule has 15 heavy (non-hydrogen) atoms. The molecule has 5 heteroatoms. The third kappa shape index (κ3) is 1.63. The molecule has 2 aromatic rings. The summed E-state index contributed by atoms with van der Waals surface area (Å²) in [6.07, 6.45) is 0. The van der Waals surface area contributed by atoms with E-state index in [2.05, 4.69) is 4.98 Å². The Balaban J connectivity index is 2.76. The number of aromatic nitrogens is 1. The summed E-state index contributed by atoms with van der Waals surface area (Å²) < 4.78 is 26.0. The Hall–Kier alpha value is -2.04. The quantitative estimate of drug-likeness (QED) is 0.774. The SMILES string of the molecule is NC(=O)c1ccc2cc(F)cc(F)c2n1. The molecule has 2 rings (SSSR count). The van der Waals surface area contributed by atoms with Gasteiger partial charge in [0.05, 0.1) is 0 Å². The lowest BCUT2D eigenvalue weighted by atomic mass is 10.2. The number of pyridine rings is 1. The van der Waals surface area contributed by atoms with Gasteiger partial charge in [0, 0.05) is 11.5 Å². The van der Waals surface area contributed by atoms with E-state index in [4.69, 9.17) is 5.73 Å². The van der Waals surface area contributed by atoms with Crippen molar-refractivity contribution in [2.45, 2.75) is 0 Å². The zero-order valence-electron chi connectivity index (χ0n) is 7.50. The fourth-order valence-corrected chi connectivity index (χ4v) is 1.29. The van der Waals surface area contributed by atoms with Crippen LogP contribution in [0, 0.1) is 11.6 Å². The fraction of sp³-hybridized carbons (Fsp3) is 0. The van der Waals surface area contributed by atoms with E-state index in [1.54, 1.807) is 0 Å². The van der Waals surface area contributed by atoms with Crippen molar-refractivity contribution in [2.75, 3.05) is 0 Å². The summed E-state index contributed by atoms with van der Waals surface area (Å²) in [7, 11) is 0. The predicted molar refractivity (Wildman–Crippen MR) is 50.2 cm³/mol. The van der Waals surface area contributed by atoms with E-state index in [0.29, 0.717) is 6.07 Å². The van der Waals surface area contributed by atoms with Crippen LogP contribution in [0.3, 0.4) is 0 Å². The number of hydrogen-bond acceptors (Lipinski definition) is 2. The third-order valence-electron chi connectivity index (χ3n) is 1.96. The standard InChI is InChI=1S/C10H6F2N2O/c11-6-3-5-1-2-8(10(13)15)14-9(5)7(12)4-6/h1-4H,(H2,13,15). The van der Waals surface area contributed by atoms with Crippen LogP contribution in [0.5, 0.6) is 0 Å². The second-order valence-electron chi connectivity index (χ2n) is 3.02. The summed E-state index contributed by atoms with van der Waals surface area (Å²) in [4.78, 5) is 14.5. The Morgan fingerprint density at radius 2 is 2.00 bits per heavy atom. The Kier molecular flexibility index (Phi) is 2.07. The molecule has 0 unspecified atom stereocenters. The van der Waals surface area contributed by atoms with Gasteiger partial charge >= 0.3 is 0 Å². The molecular formula is C10H6F2N2O. The van der Waals surface area contributed by atoms with Crippen LogP contribution in [-0.2, 0) is 0 Å². The van der Waals surface area contributed by atoms with Crippen LogP contribution in [-0.4, -0.2) is 10.9 Å². The molecule has 1 heterocycles. The second-order valence-corrected chi connectivity index (χ2v) is 3.02. The van der Waals surface area contributed by atoms with Crippen LogP contribution < -0.4 is 5.73 Å². The Morgan fingerprint density at radius 1 is 1.27 bits per heavy atom. The minimum absolute atomic E-state index is 0.0481. The van der Waals surface area contributed by atoms with Gasteiger partial charge in [0.2, 0.25) is 0 Å². The van der Waals surface area contributed by atoms with E-state index in [-0.39, 0.29) is 16.6 Å². The highest BCUT2D eigenvalue weighted by molar-refractivity contribution is 5.93. The Morgan fingerprint density at radius 3 is 2.67 bits per heavy atom. The Labute approximate surface area is 83.5 Å². The van der Waals surface area contributed by atoms with E-state index in [1.807, 2.05) is 0 Å². The first kappa shape index (κ1) is 9.51. The van der Waals surface area contributed by atoms with Gasteiger partial charge < -0.3 is 5.73 Å². The van der Waals surface area contributed by atoms with E-state index < -0.39 is 17.5 Å². The van der Waals surface area contributed by atoms with Crippen molar-refractivity contribution in [3.8, 4) is 0 Å². The van der Waals surface area contributed by atoms with Gasteiger partial charge in [0.1, 0.15) is 17.0 Å². The summed E-state index contributed by atoms with van der Waals surface area (Å²) in [6, 6.07) is 4.56. The lowest BCUT2D eigenvalue weighted by molar-refractivity contribution is 0.0996. The zero-order valence-corrected chi connectivity index (χ0v) is 7.50. The molecule has 1 aromatic heterocycles. The van der Waals surface area contributed by atoms with E-state index in [0.717, 1.165) is 6.07 Å². The number of nitrogens with zero attached hydrogens (tertiary/aromatic N) is 1. The molecule has 0 radical (unpaired) electrons. The molecule has 0 aliphatic carbocycles. The zero-order chi connectivity index (χ0) is 11.0. The maximum atomic E-state index is 13.2. The number of fused-ring (bicyclic) bond motifs is 1. The topological polar surface area (TPSA) is 56.0 Å². The molecule has 0 saturated carbocycles. The number of halogens is 2. The van der Waals surface area contributed by atoms with Gasteiger partial charge in [0.15, 0.2) is 5.82 Å². The number of nitrogens with two attached hydrogens (primary N) is 1. The molecule has 3 nitrogen and oxygen atoms in total. The van der Waals surface area contributed by atoms with Crippen molar-refractivity contribution in [3.63, 3.8) is 0 Å². The molecule has 0 saturated heterocycles. The van der Waals surface area contributed by atoms with Crippen molar-refractivity contribution in [3.05, 3.63) is 41.6 Å². The molecule has 0 fully saturated rings. The fourth-order valence-electron chi connectivity index (χ4n) is 1.29. The largest absolute Gasteiger partial charge is 0.364 e.